The average molecular weight is 253 g/mol. The first kappa shape index (κ1) is 12.9. The molecule has 0 aromatic heterocycles. The van der Waals surface area contributed by atoms with Gasteiger partial charge in [-0.15, -0.1) is 0 Å². The van der Waals surface area contributed by atoms with Gasteiger partial charge < -0.3 is 14.8 Å². The van der Waals surface area contributed by atoms with Crippen LogP contribution in [0.4, 0.5) is 0 Å². The Morgan fingerprint density at radius 1 is 1.28 bits per heavy atom. The molecule has 0 aromatic carbocycles. The van der Waals surface area contributed by atoms with Crippen molar-refractivity contribution >= 4 is 0 Å². The average Bonchev–Trinajstić information content (AvgIpc) is 2.92. The summed E-state index contributed by atoms with van der Waals surface area (Å²) in [6.07, 6.45) is 9.84. The molecule has 104 valence electrons. The van der Waals surface area contributed by atoms with E-state index in [1.807, 2.05) is 0 Å². The predicted molar refractivity (Wildman–Crippen MR) is 71.7 cm³/mol. The lowest BCUT2D eigenvalue weighted by Crippen LogP contribution is -2.66. The summed E-state index contributed by atoms with van der Waals surface area (Å²) in [6.45, 7) is 4.84. The van der Waals surface area contributed by atoms with Crippen molar-refractivity contribution in [1.82, 2.24) is 5.32 Å². The molecule has 0 amide bonds. The third-order valence-corrected chi connectivity index (χ3v) is 5.30. The highest BCUT2D eigenvalue weighted by molar-refractivity contribution is 5.09. The van der Waals surface area contributed by atoms with Gasteiger partial charge in [0.1, 0.15) is 0 Å². The van der Waals surface area contributed by atoms with Crippen molar-refractivity contribution in [3.05, 3.63) is 0 Å². The van der Waals surface area contributed by atoms with Crippen molar-refractivity contribution in [1.29, 1.82) is 0 Å². The Labute approximate surface area is 111 Å². The molecule has 3 heteroatoms. The maximum atomic E-state index is 5.99. The smallest absolute Gasteiger partial charge is 0.0661 e. The monoisotopic (exact) mass is 253 g/mol. The minimum absolute atomic E-state index is 0.455. The molecule has 3 nitrogen and oxygen atoms in total. The molecule has 1 saturated heterocycles. The molecule has 2 saturated carbocycles. The van der Waals surface area contributed by atoms with Crippen molar-refractivity contribution in [2.75, 3.05) is 19.8 Å². The van der Waals surface area contributed by atoms with Crippen LogP contribution in [0.3, 0.4) is 0 Å². The molecular formula is C15H27NO2. The number of ether oxygens (including phenoxy) is 2. The topological polar surface area (TPSA) is 30.5 Å². The van der Waals surface area contributed by atoms with Crippen LogP contribution in [-0.4, -0.2) is 38.0 Å². The highest BCUT2D eigenvalue weighted by Gasteiger charge is 2.55. The van der Waals surface area contributed by atoms with Crippen molar-refractivity contribution in [3.63, 3.8) is 0 Å². The van der Waals surface area contributed by atoms with Crippen LogP contribution in [0.1, 0.15) is 51.9 Å². The Kier molecular flexibility index (Phi) is 3.92. The van der Waals surface area contributed by atoms with Gasteiger partial charge in [-0.2, -0.15) is 0 Å². The molecule has 1 N–H and O–H groups in total. The Morgan fingerprint density at radius 3 is 2.78 bits per heavy atom. The molecule has 1 aliphatic heterocycles. The normalized spacial score (nSPS) is 38.8. The molecule has 1 spiro atoms. The maximum Gasteiger partial charge on any atom is 0.0661 e. The molecule has 3 rings (SSSR count). The number of hydrogen-bond donors (Lipinski definition) is 1. The van der Waals surface area contributed by atoms with Gasteiger partial charge in [-0.1, -0.05) is 19.3 Å². The SMILES string of the molecule is CCO[C@@H]1C[C@H](N[C@H]2CCOC2)C12CCCCC2. The van der Waals surface area contributed by atoms with Crippen LogP contribution < -0.4 is 5.32 Å². The quantitative estimate of drug-likeness (QED) is 0.835. The minimum Gasteiger partial charge on any atom is -0.380 e. The second kappa shape index (κ2) is 5.48. The lowest BCUT2D eigenvalue weighted by atomic mass is 9.55. The van der Waals surface area contributed by atoms with Crippen LogP contribution in [-0.2, 0) is 9.47 Å². The van der Waals surface area contributed by atoms with Crippen molar-refractivity contribution in [3.8, 4) is 0 Å². The van der Waals surface area contributed by atoms with Gasteiger partial charge >= 0.3 is 0 Å². The number of rotatable bonds is 4. The zero-order valence-electron chi connectivity index (χ0n) is 11.6. The van der Waals surface area contributed by atoms with E-state index in [0.29, 0.717) is 23.6 Å². The Hall–Kier alpha value is -0.120. The first-order valence-electron chi connectivity index (χ1n) is 7.80. The van der Waals surface area contributed by atoms with E-state index in [-0.39, 0.29) is 0 Å². The molecule has 0 aromatic rings. The van der Waals surface area contributed by atoms with Crippen molar-refractivity contribution < 1.29 is 9.47 Å². The zero-order chi connectivity index (χ0) is 12.4. The highest BCUT2D eigenvalue weighted by atomic mass is 16.5. The van der Waals surface area contributed by atoms with E-state index in [2.05, 4.69) is 12.2 Å². The summed E-state index contributed by atoms with van der Waals surface area (Å²) in [4.78, 5) is 0. The van der Waals surface area contributed by atoms with Crippen LogP contribution in [0, 0.1) is 5.41 Å². The Bertz CT molecular complexity index is 270. The van der Waals surface area contributed by atoms with E-state index < -0.39 is 0 Å². The molecule has 3 aliphatic rings. The highest BCUT2D eigenvalue weighted by Crippen LogP contribution is 2.53. The minimum atomic E-state index is 0.455. The van der Waals surface area contributed by atoms with Crippen LogP contribution in [0.2, 0.25) is 0 Å². The van der Waals surface area contributed by atoms with E-state index in [4.69, 9.17) is 9.47 Å². The van der Waals surface area contributed by atoms with E-state index >= 15 is 0 Å². The van der Waals surface area contributed by atoms with Gasteiger partial charge in [-0.3, -0.25) is 0 Å². The molecule has 0 bridgehead atoms. The molecule has 18 heavy (non-hydrogen) atoms. The zero-order valence-corrected chi connectivity index (χ0v) is 11.6. The summed E-state index contributed by atoms with van der Waals surface area (Å²) in [5, 5.41) is 3.86. The third-order valence-electron chi connectivity index (χ3n) is 5.30. The Morgan fingerprint density at radius 2 is 2.11 bits per heavy atom. The summed E-state index contributed by atoms with van der Waals surface area (Å²) in [5.41, 5.74) is 0.455. The summed E-state index contributed by atoms with van der Waals surface area (Å²) >= 11 is 0. The fourth-order valence-electron chi connectivity index (χ4n) is 4.25. The van der Waals surface area contributed by atoms with Gasteiger partial charge in [-0.25, -0.2) is 0 Å². The Balaban J connectivity index is 1.62. The lowest BCUT2D eigenvalue weighted by Gasteiger charge is -2.58. The summed E-state index contributed by atoms with van der Waals surface area (Å²) < 4.78 is 11.5. The van der Waals surface area contributed by atoms with Gasteiger partial charge in [0.2, 0.25) is 0 Å². The van der Waals surface area contributed by atoms with Gasteiger partial charge in [-0.05, 0) is 32.6 Å². The largest absolute Gasteiger partial charge is 0.380 e. The molecule has 1 heterocycles. The van der Waals surface area contributed by atoms with Gasteiger partial charge in [0, 0.05) is 30.7 Å². The fourth-order valence-corrected chi connectivity index (χ4v) is 4.25. The van der Waals surface area contributed by atoms with Crippen molar-refractivity contribution in [2.45, 2.75) is 70.1 Å². The van der Waals surface area contributed by atoms with E-state index in [0.717, 1.165) is 19.8 Å². The molecule has 0 radical (unpaired) electrons. The van der Waals surface area contributed by atoms with Crippen LogP contribution in [0.5, 0.6) is 0 Å². The van der Waals surface area contributed by atoms with E-state index in [1.54, 1.807) is 0 Å². The summed E-state index contributed by atoms with van der Waals surface area (Å²) in [5.74, 6) is 0. The first-order valence-corrected chi connectivity index (χ1v) is 7.80. The molecule has 2 aliphatic carbocycles. The van der Waals surface area contributed by atoms with E-state index in [9.17, 15) is 0 Å². The second-order valence-electron chi connectivity index (χ2n) is 6.25. The first-order chi connectivity index (χ1) is 8.85. The van der Waals surface area contributed by atoms with Gasteiger partial charge in [0.05, 0.1) is 12.7 Å². The van der Waals surface area contributed by atoms with Gasteiger partial charge in [0.15, 0.2) is 0 Å². The third kappa shape index (κ3) is 2.21. The molecule has 3 atom stereocenters. The maximum absolute atomic E-state index is 5.99. The molecule has 3 fully saturated rings. The summed E-state index contributed by atoms with van der Waals surface area (Å²) in [6, 6.07) is 1.28. The van der Waals surface area contributed by atoms with Crippen LogP contribution in [0.15, 0.2) is 0 Å². The van der Waals surface area contributed by atoms with Crippen molar-refractivity contribution in [2.24, 2.45) is 5.41 Å². The number of hydrogen-bond acceptors (Lipinski definition) is 3. The fraction of sp³-hybridized carbons (Fsp3) is 1.00. The predicted octanol–water partition coefficient (Wildman–Crippen LogP) is 2.49. The molecule has 0 unspecified atom stereocenters. The second-order valence-corrected chi connectivity index (χ2v) is 6.25. The lowest BCUT2D eigenvalue weighted by molar-refractivity contribution is -0.152. The van der Waals surface area contributed by atoms with Gasteiger partial charge in [0.25, 0.3) is 0 Å². The van der Waals surface area contributed by atoms with Crippen LogP contribution in [0.25, 0.3) is 0 Å². The number of nitrogens with one attached hydrogen (secondary N) is 1. The molecular weight excluding hydrogens is 226 g/mol. The standard InChI is InChI=1S/C15H27NO2/c1-2-18-14-10-13(16-12-6-9-17-11-12)15(14)7-4-3-5-8-15/h12-14,16H,2-11H2,1H3/t12-,13-,14+/m0/s1. The van der Waals surface area contributed by atoms with Crippen LogP contribution >= 0.6 is 0 Å². The van der Waals surface area contributed by atoms with E-state index in [1.165, 1.54) is 44.9 Å². The summed E-state index contributed by atoms with van der Waals surface area (Å²) in [7, 11) is 0.